The Morgan fingerprint density at radius 2 is 2.38 bits per heavy atom. The highest BCUT2D eigenvalue weighted by Gasteiger charge is 2.25. The summed E-state index contributed by atoms with van der Waals surface area (Å²) in [5.74, 6) is 2.38. The summed E-state index contributed by atoms with van der Waals surface area (Å²) < 4.78 is 5.45. The summed E-state index contributed by atoms with van der Waals surface area (Å²) in [4.78, 5) is 0. The van der Waals surface area contributed by atoms with Crippen molar-refractivity contribution in [3.05, 3.63) is 48.0 Å². The Bertz CT molecular complexity index is 384. The number of hydrogen-bond donors (Lipinski definition) is 0. The first-order valence-corrected chi connectivity index (χ1v) is 6.00. The SMILES string of the molecule is C=C(C)[C@H]1CC=C(C)C[C@H]1Cc1ccco1. The van der Waals surface area contributed by atoms with Crippen molar-refractivity contribution in [1.29, 1.82) is 0 Å². The van der Waals surface area contributed by atoms with Gasteiger partial charge in [-0.05, 0) is 50.7 Å². The van der Waals surface area contributed by atoms with Crippen LogP contribution in [0.5, 0.6) is 0 Å². The van der Waals surface area contributed by atoms with Crippen LogP contribution in [0.4, 0.5) is 0 Å². The van der Waals surface area contributed by atoms with Crippen LogP contribution in [-0.2, 0) is 6.42 Å². The summed E-state index contributed by atoms with van der Waals surface area (Å²) in [6, 6.07) is 4.04. The van der Waals surface area contributed by atoms with Crippen LogP contribution in [0.25, 0.3) is 0 Å². The monoisotopic (exact) mass is 216 g/mol. The summed E-state index contributed by atoms with van der Waals surface area (Å²) >= 11 is 0. The molecule has 0 bridgehead atoms. The average molecular weight is 216 g/mol. The third kappa shape index (κ3) is 2.46. The highest BCUT2D eigenvalue weighted by atomic mass is 16.3. The molecule has 0 unspecified atom stereocenters. The maximum Gasteiger partial charge on any atom is 0.104 e. The smallest absolute Gasteiger partial charge is 0.104 e. The molecule has 0 aromatic carbocycles. The zero-order valence-corrected chi connectivity index (χ0v) is 10.2. The molecule has 1 aromatic heterocycles. The van der Waals surface area contributed by atoms with E-state index in [4.69, 9.17) is 4.42 Å². The van der Waals surface area contributed by atoms with Gasteiger partial charge in [-0.15, -0.1) is 0 Å². The van der Waals surface area contributed by atoms with E-state index in [1.165, 1.54) is 17.6 Å². The van der Waals surface area contributed by atoms with E-state index in [1.807, 2.05) is 6.07 Å². The number of rotatable bonds is 3. The summed E-state index contributed by atoms with van der Waals surface area (Å²) in [7, 11) is 0. The third-order valence-corrected chi connectivity index (χ3v) is 3.55. The van der Waals surface area contributed by atoms with Crippen molar-refractivity contribution >= 4 is 0 Å². The molecule has 1 nitrogen and oxygen atoms in total. The van der Waals surface area contributed by atoms with Gasteiger partial charge in [0.2, 0.25) is 0 Å². The van der Waals surface area contributed by atoms with Gasteiger partial charge in [-0.3, -0.25) is 0 Å². The first-order chi connectivity index (χ1) is 7.66. The predicted molar refractivity (Wildman–Crippen MR) is 67.2 cm³/mol. The molecule has 16 heavy (non-hydrogen) atoms. The molecule has 1 aliphatic rings. The lowest BCUT2D eigenvalue weighted by Crippen LogP contribution is -2.21. The van der Waals surface area contributed by atoms with Crippen molar-refractivity contribution in [3.8, 4) is 0 Å². The molecule has 86 valence electrons. The van der Waals surface area contributed by atoms with E-state index < -0.39 is 0 Å². The van der Waals surface area contributed by atoms with Crippen molar-refractivity contribution in [2.45, 2.75) is 33.1 Å². The first kappa shape index (κ1) is 11.3. The van der Waals surface area contributed by atoms with Gasteiger partial charge in [-0.1, -0.05) is 23.8 Å². The zero-order chi connectivity index (χ0) is 11.5. The Morgan fingerprint density at radius 1 is 1.56 bits per heavy atom. The minimum atomic E-state index is 0.619. The minimum absolute atomic E-state index is 0.619. The lowest BCUT2D eigenvalue weighted by atomic mass is 9.75. The molecule has 0 fully saturated rings. The molecule has 0 amide bonds. The standard InChI is InChI=1S/C15H20O/c1-11(2)15-7-6-12(3)9-13(15)10-14-5-4-8-16-14/h4-6,8,13,15H,1,7,9-10H2,2-3H3/t13-,15+/m0/s1. The number of allylic oxidation sites excluding steroid dienone is 3. The van der Waals surface area contributed by atoms with Crippen LogP contribution < -0.4 is 0 Å². The normalized spacial score (nSPS) is 25.2. The molecule has 1 heterocycles. The third-order valence-electron chi connectivity index (χ3n) is 3.55. The van der Waals surface area contributed by atoms with Gasteiger partial charge in [-0.25, -0.2) is 0 Å². The molecule has 1 aromatic rings. The quantitative estimate of drug-likeness (QED) is 0.684. The molecule has 0 saturated carbocycles. The maximum atomic E-state index is 5.45. The van der Waals surface area contributed by atoms with Crippen molar-refractivity contribution in [2.75, 3.05) is 0 Å². The fraction of sp³-hybridized carbons (Fsp3) is 0.467. The molecule has 0 spiro atoms. The summed E-state index contributed by atoms with van der Waals surface area (Å²) in [6.07, 6.45) is 7.48. The molecular formula is C15H20O. The summed E-state index contributed by atoms with van der Waals surface area (Å²) in [6.45, 7) is 8.50. The molecule has 2 rings (SSSR count). The van der Waals surface area contributed by atoms with E-state index in [9.17, 15) is 0 Å². The van der Waals surface area contributed by atoms with Crippen molar-refractivity contribution in [2.24, 2.45) is 11.8 Å². The largest absolute Gasteiger partial charge is 0.469 e. The Hall–Kier alpha value is -1.24. The topological polar surface area (TPSA) is 13.1 Å². The van der Waals surface area contributed by atoms with E-state index >= 15 is 0 Å². The predicted octanol–water partition coefficient (Wildman–Crippen LogP) is 4.37. The van der Waals surface area contributed by atoms with Gasteiger partial charge in [0.15, 0.2) is 0 Å². The molecule has 0 saturated heterocycles. The van der Waals surface area contributed by atoms with Gasteiger partial charge in [0.05, 0.1) is 6.26 Å². The average Bonchev–Trinajstić information content (AvgIpc) is 2.70. The lowest BCUT2D eigenvalue weighted by molar-refractivity contribution is 0.332. The van der Waals surface area contributed by atoms with Crippen LogP contribution >= 0.6 is 0 Å². The fourth-order valence-corrected chi connectivity index (χ4v) is 2.66. The number of furan rings is 1. The van der Waals surface area contributed by atoms with Crippen LogP contribution in [0.15, 0.2) is 46.6 Å². The zero-order valence-electron chi connectivity index (χ0n) is 10.2. The van der Waals surface area contributed by atoms with Crippen LogP contribution in [0.1, 0.15) is 32.4 Å². The minimum Gasteiger partial charge on any atom is -0.469 e. The lowest BCUT2D eigenvalue weighted by Gasteiger charge is -2.30. The van der Waals surface area contributed by atoms with Crippen LogP contribution in [0.2, 0.25) is 0 Å². The van der Waals surface area contributed by atoms with E-state index in [2.05, 4.69) is 32.6 Å². The highest BCUT2D eigenvalue weighted by Crippen LogP contribution is 2.35. The van der Waals surface area contributed by atoms with Gasteiger partial charge in [0, 0.05) is 6.42 Å². The van der Waals surface area contributed by atoms with E-state index in [1.54, 1.807) is 6.26 Å². The van der Waals surface area contributed by atoms with Crippen LogP contribution in [0.3, 0.4) is 0 Å². The molecule has 1 heteroatoms. The highest BCUT2D eigenvalue weighted by molar-refractivity contribution is 5.15. The Balaban J connectivity index is 2.11. The van der Waals surface area contributed by atoms with Crippen molar-refractivity contribution < 1.29 is 4.42 Å². The van der Waals surface area contributed by atoms with Crippen LogP contribution in [-0.4, -0.2) is 0 Å². The van der Waals surface area contributed by atoms with E-state index in [-0.39, 0.29) is 0 Å². The second-order valence-corrected chi connectivity index (χ2v) is 4.99. The Labute approximate surface area is 97.9 Å². The van der Waals surface area contributed by atoms with Crippen molar-refractivity contribution in [1.82, 2.24) is 0 Å². The second-order valence-electron chi connectivity index (χ2n) is 4.99. The summed E-state index contributed by atoms with van der Waals surface area (Å²) in [5, 5.41) is 0. The molecule has 1 aliphatic carbocycles. The van der Waals surface area contributed by atoms with Gasteiger partial charge in [0.25, 0.3) is 0 Å². The van der Waals surface area contributed by atoms with Gasteiger partial charge < -0.3 is 4.42 Å². The van der Waals surface area contributed by atoms with Crippen molar-refractivity contribution in [3.63, 3.8) is 0 Å². The Morgan fingerprint density at radius 3 is 3.00 bits per heavy atom. The molecule has 0 N–H and O–H groups in total. The van der Waals surface area contributed by atoms with E-state index in [0.717, 1.165) is 18.6 Å². The van der Waals surface area contributed by atoms with Gasteiger partial charge >= 0.3 is 0 Å². The molecule has 0 aliphatic heterocycles. The first-order valence-electron chi connectivity index (χ1n) is 6.00. The second kappa shape index (κ2) is 4.73. The van der Waals surface area contributed by atoms with Gasteiger partial charge in [-0.2, -0.15) is 0 Å². The molecule has 0 radical (unpaired) electrons. The molecular weight excluding hydrogens is 196 g/mol. The van der Waals surface area contributed by atoms with E-state index in [0.29, 0.717) is 11.8 Å². The Kier molecular flexibility index (Phi) is 3.33. The fourth-order valence-electron chi connectivity index (χ4n) is 2.66. The van der Waals surface area contributed by atoms with Crippen LogP contribution in [0, 0.1) is 11.8 Å². The number of hydrogen-bond acceptors (Lipinski definition) is 1. The van der Waals surface area contributed by atoms with Gasteiger partial charge in [0.1, 0.15) is 5.76 Å². The maximum absolute atomic E-state index is 5.45. The molecule has 2 atom stereocenters. The summed E-state index contributed by atoms with van der Waals surface area (Å²) in [5.41, 5.74) is 2.81.